The zero-order valence-electron chi connectivity index (χ0n) is 43.5. The molecule has 0 rings (SSSR count). The molecule has 0 fully saturated rings. The largest absolute Gasteiger partial charge is 0.462 e. The zero-order valence-corrected chi connectivity index (χ0v) is 43.5. The van der Waals surface area contributed by atoms with Crippen molar-refractivity contribution in [2.75, 3.05) is 13.2 Å². The SMILES string of the molecule is CC\C=C/C=C\C=C/C=C\C=C\C=C/C=C\CCCCCC(=O)OCC(COC(=O)CCCCC/C=C\CCCCCCCC)OC(=O)CC/C=C\C/C=C\C/C=C\C/C=C\C/C=C\C/C=C\CC. The second kappa shape index (κ2) is 55.4. The molecule has 0 aromatic carbocycles. The molecule has 0 aliphatic carbocycles. The lowest BCUT2D eigenvalue weighted by atomic mass is 10.1. The van der Waals surface area contributed by atoms with Gasteiger partial charge in [0.05, 0.1) is 0 Å². The van der Waals surface area contributed by atoms with Gasteiger partial charge >= 0.3 is 17.9 Å². The second-order valence-corrected chi connectivity index (χ2v) is 16.8. The molecule has 0 amide bonds. The van der Waals surface area contributed by atoms with Crippen LogP contribution >= 0.6 is 0 Å². The first-order chi connectivity index (χ1) is 34.0. The zero-order chi connectivity index (χ0) is 50.0. The van der Waals surface area contributed by atoms with Crippen LogP contribution in [0.5, 0.6) is 0 Å². The number of carbonyl (C=O) groups is 3. The molecule has 0 radical (unpaired) electrons. The molecule has 0 aromatic heterocycles. The van der Waals surface area contributed by atoms with Gasteiger partial charge in [0.15, 0.2) is 6.10 Å². The Kier molecular flexibility index (Phi) is 51.2. The molecule has 0 saturated heterocycles. The Balaban J connectivity index is 4.67. The van der Waals surface area contributed by atoms with E-state index in [1.807, 2.05) is 85.1 Å². The Morgan fingerprint density at radius 2 is 0.667 bits per heavy atom. The Morgan fingerprint density at radius 3 is 1.12 bits per heavy atom. The number of unbranched alkanes of at least 4 members (excludes halogenated alkanes) is 12. The van der Waals surface area contributed by atoms with E-state index in [-0.39, 0.29) is 38.0 Å². The van der Waals surface area contributed by atoms with E-state index in [4.69, 9.17) is 14.2 Å². The highest BCUT2D eigenvalue weighted by atomic mass is 16.6. The van der Waals surface area contributed by atoms with E-state index in [9.17, 15) is 14.4 Å². The summed E-state index contributed by atoms with van der Waals surface area (Å²) < 4.78 is 16.7. The average molecular weight is 947 g/mol. The number of hydrogen-bond donors (Lipinski definition) is 0. The van der Waals surface area contributed by atoms with Crippen molar-refractivity contribution in [3.8, 4) is 0 Å². The van der Waals surface area contributed by atoms with Gasteiger partial charge in [-0.2, -0.15) is 0 Å². The molecule has 1 unspecified atom stereocenters. The molecular weight excluding hydrogens is 853 g/mol. The quantitative estimate of drug-likeness (QED) is 0.0199. The highest BCUT2D eigenvalue weighted by molar-refractivity contribution is 5.71. The minimum atomic E-state index is -0.853. The van der Waals surface area contributed by atoms with Crippen LogP contribution in [0.2, 0.25) is 0 Å². The van der Waals surface area contributed by atoms with E-state index in [1.165, 1.54) is 38.5 Å². The van der Waals surface area contributed by atoms with Crippen LogP contribution in [0.1, 0.15) is 188 Å². The summed E-state index contributed by atoms with van der Waals surface area (Å²) in [5.74, 6) is -1.10. The van der Waals surface area contributed by atoms with Crippen LogP contribution < -0.4 is 0 Å². The maximum absolute atomic E-state index is 12.8. The summed E-state index contributed by atoms with van der Waals surface area (Å²) in [5.41, 5.74) is 0. The summed E-state index contributed by atoms with van der Waals surface area (Å²) >= 11 is 0. The number of esters is 3. The standard InChI is InChI=1S/C63H94O6/c1-4-7-10-13-16-19-22-25-27-29-31-33-35-38-41-44-47-50-53-56-62(65)68-59-60(58-67-61(64)55-52-49-46-43-40-37-24-21-18-15-12-9-6-3)69-63(66)57-54-51-48-45-42-39-36-34-32-30-28-26-23-20-17-14-11-8-5-2/h7-8,10-11,13,16-17,19-20,22,25-29,31-35,37-42,48,51,60H,4-6,9,12,14-15,18,21,23-24,30,36,43-47,49-50,52-59H2,1-3H3/b10-7-,11-8-,16-13-,20-17-,22-19-,27-25-,28-26-,31-29+,34-32-,35-33-,40-37-,41-38-,42-39-,51-48-. The number of allylic oxidation sites excluding steroid dienone is 28. The van der Waals surface area contributed by atoms with Gasteiger partial charge in [0.25, 0.3) is 0 Å². The fraction of sp³-hybridized carbons (Fsp3) is 0.508. The first kappa shape index (κ1) is 63.8. The fourth-order valence-corrected chi connectivity index (χ4v) is 6.44. The fourth-order valence-electron chi connectivity index (χ4n) is 6.44. The average Bonchev–Trinajstić information content (AvgIpc) is 3.35. The van der Waals surface area contributed by atoms with Gasteiger partial charge in [0, 0.05) is 19.3 Å². The maximum atomic E-state index is 12.8. The molecule has 0 aliphatic rings. The first-order valence-corrected chi connectivity index (χ1v) is 26.7. The third kappa shape index (κ3) is 53.6. The lowest BCUT2D eigenvalue weighted by Gasteiger charge is -2.18. The van der Waals surface area contributed by atoms with Gasteiger partial charge in [-0.15, -0.1) is 0 Å². The number of ether oxygens (including phenoxy) is 3. The lowest BCUT2D eigenvalue weighted by Crippen LogP contribution is -2.30. The monoisotopic (exact) mass is 947 g/mol. The molecule has 0 N–H and O–H groups in total. The molecule has 0 heterocycles. The van der Waals surface area contributed by atoms with Crippen LogP contribution in [0, 0.1) is 0 Å². The molecular formula is C63H94O6. The molecule has 0 saturated carbocycles. The van der Waals surface area contributed by atoms with Crippen LogP contribution in [0.15, 0.2) is 170 Å². The summed E-state index contributed by atoms with van der Waals surface area (Å²) in [5, 5.41) is 0. The minimum absolute atomic E-state index is 0.140. The van der Waals surface area contributed by atoms with Gasteiger partial charge in [0.1, 0.15) is 13.2 Å². The van der Waals surface area contributed by atoms with Crippen molar-refractivity contribution in [2.45, 2.75) is 194 Å². The van der Waals surface area contributed by atoms with Crippen LogP contribution in [0.25, 0.3) is 0 Å². The third-order valence-corrected chi connectivity index (χ3v) is 10.4. The second-order valence-electron chi connectivity index (χ2n) is 16.8. The molecule has 69 heavy (non-hydrogen) atoms. The van der Waals surface area contributed by atoms with Crippen LogP contribution in [0.4, 0.5) is 0 Å². The van der Waals surface area contributed by atoms with Gasteiger partial charge in [-0.3, -0.25) is 14.4 Å². The smallest absolute Gasteiger partial charge is 0.306 e. The first-order valence-electron chi connectivity index (χ1n) is 26.7. The van der Waals surface area contributed by atoms with E-state index >= 15 is 0 Å². The van der Waals surface area contributed by atoms with Crippen LogP contribution in [-0.4, -0.2) is 37.2 Å². The Labute approximate surface area is 422 Å². The molecule has 0 aliphatic heterocycles. The summed E-state index contributed by atoms with van der Waals surface area (Å²) in [7, 11) is 0. The third-order valence-electron chi connectivity index (χ3n) is 10.4. The Hall–Kier alpha value is -5.23. The normalized spacial score (nSPS) is 13.5. The highest BCUT2D eigenvalue weighted by Gasteiger charge is 2.19. The molecule has 0 spiro atoms. The highest BCUT2D eigenvalue weighted by Crippen LogP contribution is 2.11. The van der Waals surface area contributed by atoms with Crippen molar-refractivity contribution in [3.05, 3.63) is 170 Å². The summed E-state index contributed by atoms with van der Waals surface area (Å²) in [6.07, 6.45) is 82.0. The van der Waals surface area contributed by atoms with E-state index in [0.29, 0.717) is 19.3 Å². The summed E-state index contributed by atoms with van der Waals surface area (Å²) in [4.78, 5) is 38.0. The molecule has 0 bridgehead atoms. The molecule has 1 atom stereocenters. The van der Waals surface area contributed by atoms with Crippen molar-refractivity contribution in [1.82, 2.24) is 0 Å². The van der Waals surface area contributed by atoms with E-state index in [1.54, 1.807) is 0 Å². The molecule has 382 valence electrons. The van der Waals surface area contributed by atoms with Gasteiger partial charge in [-0.25, -0.2) is 0 Å². The molecule has 0 aromatic rings. The number of hydrogen-bond acceptors (Lipinski definition) is 6. The summed E-state index contributed by atoms with van der Waals surface area (Å²) in [6.45, 7) is 6.22. The van der Waals surface area contributed by atoms with E-state index in [0.717, 1.165) is 96.3 Å². The maximum Gasteiger partial charge on any atom is 0.306 e. The Bertz CT molecular complexity index is 1650. The van der Waals surface area contributed by atoms with Crippen molar-refractivity contribution in [1.29, 1.82) is 0 Å². The lowest BCUT2D eigenvalue weighted by molar-refractivity contribution is -0.166. The molecule has 6 nitrogen and oxygen atoms in total. The summed E-state index contributed by atoms with van der Waals surface area (Å²) in [6, 6.07) is 0. The molecule has 6 heteroatoms. The van der Waals surface area contributed by atoms with Crippen LogP contribution in [0.3, 0.4) is 0 Å². The van der Waals surface area contributed by atoms with Crippen molar-refractivity contribution in [3.63, 3.8) is 0 Å². The van der Waals surface area contributed by atoms with Crippen molar-refractivity contribution >= 4 is 17.9 Å². The van der Waals surface area contributed by atoms with Gasteiger partial charge in [0.2, 0.25) is 0 Å². The number of carbonyl (C=O) groups excluding carboxylic acids is 3. The van der Waals surface area contributed by atoms with Gasteiger partial charge < -0.3 is 14.2 Å². The predicted octanol–water partition coefficient (Wildman–Crippen LogP) is 18.0. The Morgan fingerprint density at radius 1 is 0.319 bits per heavy atom. The topological polar surface area (TPSA) is 78.9 Å². The number of rotatable bonds is 45. The predicted molar refractivity (Wildman–Crippen MR) is 297 cm³/mol. The van der Waals surface area contributed by atoms with Crippen LogP contribution in [-0.2, 0) is 28.6 Å². The van der Waals surface area contributed by atoms with E-state index in [2.05, 4.69) is 106 Å². The van der Waals surface area contributed by atoms with E-state index < -0.39 is 12.1 Å². The van der Waals surface area contributed by atoms with Gasteiger partial charge in [-0.05, 0) is 103 Å². The van der Waals surface area contributed by atoms with Gasteiger partial charge in [-0.1, -0.05) is 236 Å². The van der Waals surface area contributed by atoms with Crippen molar-refractivity contribution in [2.24, 2.45) is 0 Å². The van der Waals surface area contributed by atoms with Crippen molar-refractivity contribution < 1.29 is 28.6 Å². The minimum Gasteiger partial charge on any atom is -0.462 e.